The number of esters is 1. The highest BCUT2D eigenvalue weighted by molar-refractivity contribution is 5.98. The maximum Gasteiger partial charge on any atom is 0.325 e. The largest absolute Gasteiger partial charge is 0.494 e. The fourth-order valence-corrected chi connectivity index (χ4v) is 3.14. The van der Waals surface area contributed by atoms with Crippen LogP contribution in [0.2, 0.25) is 0 Å². The van der Waals surface area contributed by atoms with Crippen LogP contribution < -0.4 is 15.4 Å². The second-order valence-corrected chi connectivity index (χ2v) is 7.53. The number of anilines is 1. The molecule has 0 heterocycles. The van der Waals surface area contributed by atoms with Crippen molar-refractivity contribution in [2.24, 2.45) is 0 Å². The van der Waals surface area contributed by atoms with Gasteiger partial charge in [-0.3, -0.25) is 14.4 Å². The first-order valence-corrected chi connectivity index (χ1v) is 11.2. The van der Waals surface area contributed by atoms with E-state index in [1.165, 1.54) is 0 Å². The summed E-state index contributed by atoms with van der Waals surface area (Å²) in [5.74, 6) is -0.913. The van der Waals surface area contributed by atoms with Crippen molar-refractivity contribution in [2.45, 2.75) is 19.8 Å². The summed E-state index contributed by atoms with van der Waals surface area (Å²) in [7, 11) is 0. The summed E-state index contributed by atoms with van der Waals surface area (Å²) in [6.45, 7) is 1.90. The van der Waals surface area contributed by atoms with E-state index in [2.05, 4.69) is 17.6 Å². The Balaban J connectivity index is 1.43. The SMILES string of the molecule is CCCCOc1ccc(C(=O)NCC(=O)OCC(=O)Nc2ccccc2-c2ccccc2)cc1. The lowest BCUT2D eigenvalue weighted by atomic mass is 10.0. The molecule has 34 heavy (non-hydrogen) atoms. The highest BCUT2D eigenvalue weighted by atomic mass is 16.5. The molecule has 176 valence electrons. The number of ether oxygens (including phenoxy) is 2. The van der Waals surface area contributed by atoms with Gasteiger partial charge in [-0.15, -0.1) is 0 Å². The van der Waals surface area contributed by atoms with Crippen LogP contribution in [0.3, 0.4) is 0 Å². The maximum atomic E-state index is 12.3. The molecule has 0 spiro atoms. The lowest BCUT2D eigenvalue weighted by Crippen LogP contribution is -2.32. The highest BCUT2D eigenvalue weighted by Gasteiger charge is 2.13. The van der Waals surface area contributed by atoms with Gasteiger partial charge >= 0.3 is 5.97 Å². The zero-order valence-corrected chi connectivity index (χ0v) is 19.1. The number of amides is 2. The monoisotopic (exact) mass is 460 g/mol. The van der Waals surface area contributed by atoms with Crippen molar-refractivity contribution < 1.29 is 23.9 Å². The van der Waals surface area contributed by atoms with E-state index in [0.717, 1.165) is 24.0 Å². The van der Waals surface area contributed by atoms with Crippen LogP contribution in [0.25, 0.3) is 11.1 Å². The minimum absolute atomic E-state index is 0.346. The molecule has 0 aliphatic carbocycles. The smallest absolute Gasteiger partial charge is 0.325 e. The van der Waals surface area contributed by atoms with E-state index in [1.54, 1.807) is 30.3 Å². The molecule has 0 unspecified atom stereocenters. The Morgan fingerprint density at radius 1 is 0.853 bits per heavy atom. The van der Waals surface area contributed by atoms with Crippen LogP contribution in [0.15, 0.2) is 78.9 Å². The van der Waals surface area contributed by atoms with Gasteiger partial charge in [-0.25, -0.2) is 0 Å². The number of hydrogen-bond acceptors (Lipinski definition) is 5. The first-order chi connectivity index (χ1) is 16.6. The highest BCUT2D eigenvalue weighted by Crippen LogP contribution is 2.27. The van der Waals surface area contributed by atoms with Crippen LogP contribution in [0.4, 0.5) is 5.69 Å². The quantitative estimate of drug-likeness (QED) is 0.326. The van der Waals surface area contributed by atoms with Crippen LogP contribution in [0.5, 0.6) is 5.75 Å². The molecule has 0 fully saturated rings. The van der Waals surface area contributed by atoms with Crippen molar-refractivity contribution in [3.63, 3.8) is 0 Å². The molecule has 0 aliphatic rings. The van der Waals surface area contributed by atoms with Crippen LogP contribution >= 0.6 is 0 Å². The van der Waals surface area contributed by atoms with Gasteiger partial charge in [0.15, 0.2) is 6.61 Å². The van der Waals surface area contributed by atoms with E-state index < -0.39 is 24.4 Å². The molecule has 0 aromatic heterocycles. The molecule has 0 saturated heterocycles. The normalized spacial score (nSPS) is 10.3. The summed E-state index contributed by atoms with van der Waals surface area (Å²) >= 11 is 0. The van der Waals surface area contributed by atoms with Crippen molar-refractivity contribution in [1.29, 1.82) is 0 Å². The van der Waals surface area contributed by atoms with Crippen molar-refractivity contribution in [3.05, 3.63) is 84.4 Å². The van der Waals surface area contributed by atoms with E-state index >= 15 is 0 Å². The Morgan fingerprint density at radius 2 is 1.56 bits per heavy atom. The summed E-state index contributed by atoms with van der Waals surface area (Å²) in [6, 6.07) is 23.7. The lowest BCUT2D eigenvalue weighted by Gasteiger charge is -2.12. The standard InChI is InChI=1S/C27H28N2O5/c1-2-3-17-33-22-15-13-21(14-16-22)27(32)28-18-26(31)34-19-25(30)29-24-12-8-7-11-23(24)20-9-5-4-6-10-20/h4-16H,2-3,17-19H2,1H3,(H,28,32)(H,29,30). The first-order valence-electron chi connectivity index (χ1n) is 11.2. The Morgan fingerprint density at radius 3 is 2.29 bits per heavy atom. The Kier molecular flexibility index (Phi) is 9.22. The molecular formula is C27H28N2O5. The summed E-state index contributed by atoms with van der Waals surface area (Å²) in [5, 5.41) is 5.25. The van der Waals surface area contributed by atoms with E-state index in [-0.39, 0.29) is 6.54 Å². The topological polar surface area (TPSA) is 93.7 Å². The fraction of sp³-hybridized carbons (Fsp3) is 0.222. The molecular weight excluding hydrogens is 432 g/mol. The number of rotatable bonds is 11. The van der Waals surface area contributed by atoms with Crippen molar-refractivity contribution in [3.8, 4) is 16.9 Å². The van der Waals surface area contributed by atoms with Gasteiger partial charge in [-0.05, 0) is 42.3 Å². The molecule has 2 N–H and O–H groups in total. The fourth-order valence-electron chi connectivity index (χ4n) is 3.14. The third-order valence-corrected chi connectivity index (χ3v) is 4.93. The van der Waals surface area contributed by atoms with Gasteiger partial charge in [-0.2, -0.15) is 0 Å². The van der Waals surface area contributed by atoms with Crippen LogP contribution in [-0.4, -0.2) is 37.5 Å². The van der Waals surface area contributed by atoms with E-state index in [1.807, 2.05) is 48.5 Å². The van der Waals surface area contributed by atoms with Gasteiger partial charge < -0.3 is 20.1 Å². The van der Waals surface area contributed by atoms with Crippen LogP contribution in [0.1, 0.15) is 30.1 Å². The predicted octanol–water partition coefficient (Wildman–Crippen LogP) is 4.44. The Hall–Kier alpha value is -4.13. The zero-order valence-electron chi connectivity index (χ0n) is 19.1. The predicted molar refractivity (Wildman–Crippen MR) is 131 cm³/mol. The summed E-state index contributed by atoms with van der Waals surface area (Å²) in [6.07, 6.45) is 2.00. The number of nitrogens with one attached hydrogen (secondary N) is 2. The van der Waals surface area contributed by atoms with E-state index in [4.69, 9.17) is 9.47 Å². The molecule has 7 nitrogen and oxygen atoms in total. The zero-order chi connectivity index (χ0) is 24.2. The molecule has 3 aromatic carbocycles. The molecule has 0 saturated carbocycles. The van der Waals surface area contributed by atoms with Crippen molar-refractivity contribution >= 4 is 23.5 Å². The lowest BCUT2D eigenvalue weighted by molar-refractivity contribution is -0.146. The number of carbonyl (C=O) groups is 3. The third-order valence-electron chi connectivity index (χ3n) is 4.93. The molecule has 0 atom stereocenters. The second-order valence-electron chi connectivity index (χ2n) is 7.53. The van der Waals surface area contributed by atoms with Gasteiger partial charge in [0.1, 0.15) is 12.3 Å². The first kappa shape index (κ1) is 24.5. The van der Waals surface area contributed by atoms with Crippen molar-refractivity contribution in [2.75, 3.05) is 25.1 Å². The van der Waals surface area contributed by atoms with Gasteiger partial charge in [0.25, 0.3) is 11.8 Å². The number of benzene rings is 3. The van der Waals surface area contributed by atoms with Crippen LogP contribution in [-0.2, 0) is 14.3 Å². The Bertz CT molecular complexity index is 1100. The number of carbonyl (C=O) groups excluding carboxylic acids is 3. The van der Waals surface area contributed by atoms with Crippen molar-refractivity contribution in [1.82, 2.24) is 5.32 Å². The molecule has 3 aromatic rings. The summed E-state index contributed by atoms with van der Waals surface area (Å²) in [4.78, 5) is 36.5. The molecule has 7 heteroatoms. The maximum absolute atomic E-state index is 12.3. The van der Waals surface area contributed by atoms with Gasteiger partial charge in [0.05, 0.1) is 6.61 Å². The molecule has 0 radical (unpaired) electrons. The summed E-state index contributed by atoms with van der Waals surface area (Å²) in [5.41, 5.74) is 2.83. The molecule has 0 aliphatic heterocycles. The van der Waals surface area contributed by atoms with E-state index in [9.17, 15) is 14.4 Å². The number of hydrogen-bond donors (Lipinski definition) is 2. The minimum Gasteiger partial charge on any atom is -0.494 e. The molecule has 2 amide bonds. The van der Waals surface area contributed by atoms with Gasteiger partial charge in [0.2, 0.25) is 0 Å². The molecule has 0 bridgehead atoms. The average Bonchev–Trinajstić information content (AvgIpc) is 2.87. The third kappa shape index (κ3) is 7.48. The minimum atomic E-state index is -0.709. The number of unbranched alkanes of at least 4 members (excludes halogenated alkanes) is 1. The number of para-hydroxylation sites is 1. The average molecular weight is 461 g/mol. The van der Waals surface area contributed by atoms with Gasteiger partial charge in [-0.1, -0.05) is 61.9 Å². The van der Waals surface area contributed by atoms with E-state index in [0.29, 0.717) is 23.6 Å². The second kappa shape index (κ2) is 12.8. The van der Waals surface area contributed by atoms with Crippen LogP contribution in [0, 0.1) is 0 Å². The molecule has 3 rings (SSSR count). The summed E-state index contributed by atoms with van der Waals surface area (Å²) < 4.78 is 10.6. The van der Waals surface area contributed by atoms with Gasteiger partial charge in [0, 0.05) is 16.8 Å². The Labute approximate surface area is 199 Å².